The first-order chi connectivity index (χ1) is 9.13. The summed E-state index contributed by atoms with van der Waals surface area (Å²) in [6.45, 7) is 6.15. The second-order valence-corrected chi connectivity index (χ2v) is 7.99. The fraction of sp³-hybridized carbons (Fsp3) is 0.933. The Morgan fingerprint density at radius 3 is 2.45 bits per heavy atom. The molecule has 3 fully saturated rings. The number of ether oxygens (including phenoxy) is 1. The van der Waals surface area contributed by atoms with Crippen LogP contribution in [0.5, 0.6) is 0 Å². The van der Waals surface area contributed by atoms with E-state index in [9.17, 15) is 9.90 Å². The maximum atomic E-state index is 12.0. The Kier molecular flexibility index (Phi) is 2.90. The Labute approximate surface area is 120 Å². The number of β-amino-alcohol motifs (C(OH)–C–C–N with tert-alkyl or cyclic N) is 1. The van der Waals surface area contributed by atoms with E-state index in [1.165, 1.54) is 6.42 Å². The summed E-state index contributed by atoms with van der Waals surface area (Å²) >= 11 is 0. The van der Waals surface area contributed by atoms with Crippen molar-refractivity contribution in [2.24, 2.45) is 17.6 Å². The van der Waals surface area contributed by atoms with Crippen LogP contribution in [0.1, 0.15) is 46.5 Å². The molecule has 0 aromatic carbocycles. The molecule has 0 spiro atoms. The van der Waals surface area contributed by atoms with E-state index in [0.29, 0.717) is 24.9 Å². The maximum Gasteiger partial charge on any atom is 0.410 e. The summed E-state index contributed by atoms with van der Waals surface area (Å²) in [7, 11) is 0. The Morgan fingerprint density at radius 2 is 2.00 bits per heavy atom. The summed E-state index contributed by atoms with van der Waals surface area (Å²) in [4.78, 5) is 13.5. The Morgan fingerprint density at radius 1 is 1.35 bits per heavy atom. The molecule has 2 saturated carbocycles. The summed E-state index contributed by atoms with van der Waals surface area (Å²) in [5.74, 6) is 1.09. The van der Waals surface area contributed by atoms with Crippen molar-refractivity contribution >= 4 is 6.09 Å². The van der Waals surface area contributed by atoms with Crippen LogP contribution in [0.4, 0.5) is 4.79 Å². The van der Waals surface area contributed by atoms with Crippen LogP contribution in [0.2, 0.25) is 0 Å². The number of nitrogens with zero attached hydrogens (tertiary/aromatic N) is 1. The molecule has 20 heavy (non-hydrogen) atoms. The average Bonchev–Trinajstić information content (AvgIpc) is 2.82. The molecule has 3 atom stereocenters. The van der Waals surface area contributed by atoms with E-state index in [1.807, 2.05) is 20.8 Å². The number of carbonyl (C=O) groups excluding carboxylic acids is 1. The second kappa shape index (κ2) is 4.10. The van der Waals surface area contributed by atoms with Crippen molar-refractivity contribution in [1.29, 1.82) is 0 Å². The lowest BCUT2D eigenvalue weighted by atomic mass is 9.66. The van der Waals surface area contributed by atoms with Crippen LogP contribution < -0.4 is 5.73 Å². The lowest BCUT2D eigenvalue weighted by molar-refractivity contribution is -0.154. The smallest absolute Gasteiger partial charge is 0.410 e. The molecule has 3 aliphatic rings. The van der Waals surface area contributed by atoms with Crippen molar-refractivity contribution in [2.45, 2.75) is 63.2 Å². The number of carbonyl (C=O) groups is 1. The van der Waals surface area contributed by atoms with Gasteiger partial charge in [-0.15, -0.1) is 0 Å². The fourth-order valence-corrected chi connectivity index (χ4v) is 4.28. The monoisotopic (exact) mass is 282 g/mol. The van der Waals surface area contributed by atoms with Gasteiger partial charge in [0.05, 0.1) is 18.6 Å². The molecule has 2 aliphatic carbocycles. The van der Waals surface area contributed by atoms with E-state index in [4.69, 9.17) is 10.5 Å². The van der Waals surface area contributed by atoms with Gasteiger partial charge < -0.3 is 20.5 Å². The fourth-order valence-electron chi connectivity index (χ4n) is 4.28. The molecule has 1 heterocycles. The van der Waals surface area contributed by atoms with E-state index in [-0.39, 0.29) is 6.09 Å². The minimum absolute atomic E-state index is 0.307. The molecule has 0 aromatic heterocycles. The third-order valence-corrected chi connectivity index (χ3v) is 5.32. The quantitative estimate of drug-likeness (QED) is 0.764. The Bertz CT molecular complexity index is 425. The summed E-state index contributed by atoms with van der Waals surface area (Å²) < 4.78 is 5.33. The zero-order valence-corrected chi connectivity index (χ0v) is 12.7. The SMILES string of the molecule is CC(C)(C)OC(=O)N1CC(O)(C2(N)CC3CCC2C3)C1. The van der Waals surface area contributed by atoms with Crippen LogP contribution in [-0.2, 0) is 4.74 Å². The Balaban J connectivity index is 1.63. The topological polar surface area (TPSA) is 75.8 Å². The maximum absolute atomic E-state index is 12.0. The molecule has 5 heteroatoms. The molecule has 114 valence electrons. The molecule has 3 rings (SSSR count). The minimum Gasteiger partial charge on any atom is -0.444 e. The number of likely N-dealkylation sites (tertiary alicyclic amines) is 1. The molecule has 0 aromatic rings. The van der Waals surface area contributed by atoms with Crippen molar-refractivity contribution in [3.63, 3.8) is 0 Å². The molecule has 1 aliphatic heterocycles. The third kappa shape index (κ3) is 2.02. The van der Waals surface area contributed by atoms with Gasteiger partial charge in [0.15, 0.2) is 0 Å². The van der Waals surface area contributed by atoms with E-state index in [0.717, 1.165) is 19.3 Å². The number of hydrogen-bond acceptors (Lipinski definition) is 4. The van der Waals surface area contributed by atoms with Gasteiger partial charge in [0.25, 0.3) is 0 Å². The van der Waals surface area contributed by atoms with Crippen molar-refractivity contribution in [3.05, 3.63) is 0 Å². The lowest BCUT2D eigenvalue weighted by Gasteiger charge is -2.56. The first kappa shape index (κ1) is 14.1. The van der Waals surface area contributed by atoms with E-state index >= 15 is 0 Å². The van der Waals surface area contributed by atoms with Crippen LogP contribution in [0.25, 0.3) is 0 Å². The number of nitrogens with two attached hydrogens (primary N) is 1. The van der Waals surface area contributed by atoms with E-state index in [2.05, 4.69) is 0 Å². The molecule has 0 radical (unpaired) electrons. The molecule has 1 amide bonds. The first-order valence-electron chi connectivity index (χ1n) is 7.62. The van der Waals surface area contributed by atoms with Gasteiger partial charge in [0.1, 0.15) is 11.2 Å². The van der Waals surface area contributed by atoms with Crippen LogP contribution in [0.15, 0.2) is 0 Å². The van der Waals surface area contributed by atoms with Crippen LogP contribution in [0.3, 0.4) is 0 Å². The summed E-state index contributed by atoms with van der Waals surface area (Å²) in [5.41, 5.74) is 4.61. The average molecular weight is 282 g/mol. The summed E-state index contributed by atoms with van der Waals surface area (Å²) in [6.07, 6.45) is 4.06. The highest BCUT2D eigenvalue weighted by Gasteiger charge is 2.64. The highest BCUT2D eigenvalue weighted by atomic mass is 16.6. The van der Waals surface area contributed by atoms with E-state index < -0.39 is 16.7 Å². The number of hydrogen-bond donors (Lipinski definition) is 2. The number of fused-ring (bicyclic) bond motifs is 2. The first-order valence-corrected chi connectivity index (χ1v) is 7.62. The van der Waals surface area contributed by atoms with Crippen molar-refractivity contribution in [1.82, 2.24) is 4.90 Å². The largest absolute Gasteiger partial charge is 0.444 e. The molecular weight excluding hydrogens is 256 g/mol. The predicted molar refractivity (Wildman–Crippen MR) is 75.1 cm³/mol. The summed E-state index contributed by atoms with van der Waals surface area (Å²) in [6, 6.07) is 0. The zero-order valence-electron chi connectivity index (χ0n) is 12.7. The van der Waals surface area contributed by atoms with Gasteiger partial charge in [-0.05, 0) is 51.9 Å². The highest BCUT2D eigenvalue weighted by molar-refractivity contribution is 5.70. The third-order valence-electron chi connectivity index (χ3n) is 5.32. The van der Waals surface area contributed by atoms with Crippen molar-refractivity contribution in [3.8, 4) is 0 Å². The number of amides is 1. The predicted octanol–water partition coefficient (Wildman–Crippen LogP) is 1.49. The van der Waals surface area contributed by atoms with Gasteiger partial charge in [-0.1, -0.05) is 6.42 Å². The van der Waals surface area contributed by atoms with Crippen LogP contribution in [-0.4, -0.2) is 45.9 Å². The zero-order chi connectivity index (χ0) is 14.8. The minimum atomic E-state index is -0.927. The van der Waals surface area contributed by atoms with Crippen LogP contribution >= 0.6 is 0 Å². The van der Waals surface area contributed by atoms with Gasteiger partial charge in [-0.25, -0.2) is 4.79 Å². The molecular formula is C15H26N2O3. The Hall–Kier alpha value is -0.810. The molecule has 3 unspecified atom stereocenters. The number of rotatable bonds is 1. The molecule has 5 nitrogen and oxygen atoms in total. The molecule has 1 saturated heterocycles. The van der Waals surface area contributed by atoms with Gasteiger partial charge in [0, 0.05) is 0 Å². The standard InChI is InChI=1S/C15H26N2O3/c1-13(2,3)20-12(18)17-8-14(19,9-17)15(16)7-10-4-5-11(15)6-10/h10-11,19H,4-9,16H2,1-3H3. The second-order valence-electron chi connectivity index (χ2n) is 7.99. The van der Waals surface area contributed by atoms with Gasteiger partial charge in [-0.3, -0.25) is 0 Å². The van der Waals surface area contributed by atoms with E-state index in [1.54, 1.807) is 4.90 Å². The molecule has 3 N–H and O–H groups in total. The number of aliphatic hydroxyl groups is 1. The summed E-state index contributed by atoms with van der Waals surface area (Å²) in [5, 5.41) is 10.8. The van der Waals surface area contributed by atoms with Crippen molar-refractivity contribution in [2.75, 3.05) is 13.1 Å². The lowest BCUT2D eigenvalue weighted by Crippen LogP contribution is -2.78. The normalized spacial score (nSPS) is 38.8. The van der Waals surface area contributed by atoms with Gasteiger partial charge >= 0.3 is 6.09 Å². The van der Waals surface area contributed by atoms with Crippen LogP contribution in [0, 0.1) is 11.8 Å². The van der Waals surface area contributed by atoms with Gasteiger partial charge in [-0.2, -0.15) is 0 Å². The van der Waals surface area contributed by atoms with Gasteiger partial charge in [0.2, 0.25) is 0 Å². The van der Waals surface area contributed by atoms with Crippen molar-refractivity contribution < 1.29 is 14.6 Å². The highest BCUT2D eigenvalue weighted by Crippen LogP contribution is 2.55. The molecule has 2 bridgehead atoms.